The van der Waals surface area contributed by atoms with Crippen LogP contribution in [0.4, 0.5) is 4.79 Å². The molecule has 0 aliphatic heterocycles. The number of esters is 1. The lowest BCUT2D eigenvalue weighted by Crippen LogP contribution is -2.45. The van der Waals surface area contributed by atoms with Gasteiger partial charge in [0.15, 0.2) is 0 Å². The van der Waals surface area contributed by atoms with Gasteiger partial charge in [-0.05, 0) is 36.2 Å². The molecule has 0 aliphatic carbocycles. The van der Waals surface area contributed by atoms with Gasteiger partial charge in [-0.3, -0.25) is 0 Å². The monoisotopic (exact) mass is 428 g/mol. The first-order chi connectivity index (χ1) is 14.4. The van der Waals surface area contributed by atoms with Gasteiger partial charge in [-0.2, -0.15) is 0 Å². The Balaban J connectivity index is 1.83. The minimum absolute atomic E-state index is 0.111. The molecule has 0 aliphatic rings. The summed E-state index contributed by atoms with van der Waals surface area (Å²) in [4.78, 5) is 24.9. The molecule has 1 aromatic heterocycles. The molecule has 2 atom stereocenters. The first kappa shape index (κ1) is 21.7. The maximum Gasteiger partial charge on any atom is 0.408 e. The number of hydrogen-bond donors (Lipinski definition) is 1. The normalized spacial score (nSPS) is 12.9. The van der Waals surface area contributed by atoms with Crippen LogP contribution in [0.25, 0.3) is 10.9 Å². The molecule has 0 fully saturated rings. The van der Waals surface area contributed by atoms with Crippen molar-refractivity contribution < 1.29 is 19.1 Å². The Morgan fingerprint density at radius 3 is 2.57 bits per heavy atom. The predicted octanol–water partition coefficient (Wildman–Crippen LogP) is 4.89. The summed E-state index contributed by atoms with van der Waals surface area (Å²) in [6.45, 7) is 4.79. The number of benzene rings is 2. The zero-order valence-corrected chi connectivity index (χ0v) is 18.0. The second-order valence-electron chi connectivity index (χ2n) is 7.03. The molecule has 1 amide bonds. The zero-order chi connectivity index (χ0) is 21.7. The average molecular weight is 429 g/mol. The summed E-state index contributed by atoms with van der Waals surface area (Å²) < 4.78 is 12.3. The second kappa shape index (κ2) is 9.67. The van der Waals surface area contributed by atoms with E-state index in [1.54, 1.807) is 0 Å². The quantitative estimate of drug-likeness (QED) is 0.544. The van der Waals surface area contributed by atoms with Gasteiger partial charge in [0, 0.05) is 34.6 Å². The Morgan fingerprint density at radius 2 is 1.90 bits per heavy atom. The molecule has 0 saturated heterocycles. The Kier molecular flexibility index (Phi) is 7.00. The van der Waals surface area contributed by atoms with Crippen LogP contribution in [0.2, 0.25) is 5.02 Å². The number of halogens is 1. The third-order valence-corrected chi connectivity index (χ3v) is 5.38. The van der Waals surface area contributed by atoms with Crippen LogP contribution >= 0.6 is 11.6 Å². The van der Waals surface area contributed by atoms with Gasteiger partial charge in [0.2, 0.25) is 0 Å². The SMILES string of the molecule is CCn1cc([C@@H](C)[C@@H](NC(=O)OCc2ccccc2)C(=O)OC)c2cc(Cl)ccc21. The van der Waals surface area contributed by atoms with E-state index in [9.17, 15) is 9.59 Å². The van der Waals surface area contributed by atoms with E-state index in [4.69, 9.17) is 21.1 Å². The lowest BCUT2D eigenvalue weighted by atomic mass is 9.93. The van der Waals surface area contributed by atoms with Crippen LogP contribution in [0.15, 0.2) is 54.7 Å². The highest BCUT2D eigenvalue weighted by molar-refractivity contribution is 6.31. The molecule has 0 bridgehead atoms. The number of fused-ring (bicyclic) bond motifs is 1. The van der Waals surface area contributed by atoms with Crippen molar-refractivity contribution in [1.82, 2.24) is 9.88 Å². The van der Waals surface area contributed by atoms with Crippen molar-refractivity contribution in [2.75, 3.05) is 7.11 Å². The second-order valence-corrected chi connectivity index (χ2v) is 7.46. The van der Waals surface area contributed by atoms with Gasteiger partial charge in [-0.25, -0.2) is 9.59 Å². The van der Waals surface area contributed by atoms with Crippen molar-refractivity contribution >= 4 is 34.6 Å². The zero-order valence-electron chi connectivity index (χ0n) is 17.2. The fourth-order valence-electron chi connectivity index (χ4n) is 3.51. The number of aromatic nitrogens is 1. The highest BCUT2D eigenvalue weighted by atomic mass is 35.5. The lowest BCUT2D eigenvalue weighted by Gasteiger charge is -2.22. The fraction of sp³-hybridized carbons (Fsp3) is 0.304. The number of aryl methyl sites for hydroxylation is 1. The molecule has 2 aromatic carbocycles. The third-order valence-electron chi connectivity index (χ3n) is 5.15. The average Bonchev–Trinajstić information content (AvgIpc) is 3.13. The first-order valence-corrected chi connectivity index (χ1v) is 10.2. The van der Waals surface area contributed by atoms with E-state index in [-0.39, 0.29) is 12.5 Å². The van der Waals surface area contributed by atoms with Crippen LogP contribution in [-0.2, 0) is 27.4 Å². The molecule has 0 saturated carbocycles. The van der Waals surface area contributed by atoms with Gasteiger partial charge in [0.25, 0.3) is 0 Å². The highest BCUT2D eigenvalue weighted by Gasteiger charge is 2.31. The van der Waals surface area contributed by atoms with Gasteiger partial charge < -0.3 is 19.4 Å². The smallest absolute Gasteiger partial charge is 0.408 e. The van der Waals surface area contributed by atoms with Crippen molar-refractivity contribution in [2.24, 2.45) is 0 Å². The summed E-state index contributed by atoms with van der Waals surface area (Å²) >= 11 is 6.21. The van der Waals surface area contributed by atoms with E-state index >= 15 is 0 Å². The summed E-state index contributed by atoms with van der Waals surface area (Å²) in [6, 6.07) is 14.1. The lowest BCUT2D eigenvalue weighted by molar-refractivity contribution is -0.143. The summed E-state index contributed by atoms with van der Waals surface area (Å²) in [7, 11) is 1.30. The van der Waals surface area contributed by atoms with Gasteiger partial charge in [-0.1, -0.05) is 48.9 Å². The molecule has 3 aromatic rings. The van der Waals surface area contributed by atoms with Crippen molar-refractivity contribution in [3.63, 3.8) is 0 Å². The molecular formula is C23H25ClN2O4. The molecule has 7 heteroatoms. The number of alkyl carbamates (subject to hydrolysis) is 1. The van der Waals surface area contributed by atoms with Crippen LogP contribution in [0.5, 0.6) is 0 Å². The Hall–Kier alpha value is -2.99. The molecule has 6 nitrogen and oxygen atoms in total. The number of carbonyl (C=O) groups excluding carboxylic acids is 2. The molecule has 3 rings (SSSR count). The van der Waals surface area contributed by atoms with Crippen molar-refractivity contribution in [3.05, 3.63) is 70.9 Å². The van der Waals surface area contributed by atoms with E-state index in [2.05, 4.69) is 9.88 Å². The Bertz CT molecular complexity index is 1030. The number of nitrogens with zero attached hydrogens (tertiary/aromatic N) is 1. The Labute approximate surface area is 180 Å². The van der Waals surface area contributed by atoms with E-state index in [1.807, 2.05) is 68.6 Å². The number of methoxy groups -OCH3 is 1. The topological polar surface area (TPSA) is 69.6 Å². The fourth-order valence-corrected chi connectivity index (χ4v) is 3.68. The largest absolute Gasteiger partial charge is 0.467 e. The van der Waals surface area contributed by atoms with Gasteiger partial charge >= 0.3 is 12.1 Å². The molecule has 0 spiro atoms. The molecule has 0 unspecified atom stereocenters. The van der Waals surface area contributed by atoms with Crippen LogP contribution in [0.1, 0.15) is 30.9 Å². The predicted molar refractivity (Wildman–Crippen MR) is 117 cm³/mol. The summed E-state index contributed by atoms with van der Waals surface area (Å²) in [5.41, 5.74) is 2.77. The van der Waals surface area contributed by atoms with Gasteiger partial charge in [0.1, 0.15) is 12.6 Å². The molecule has 1 N–H and O–H groups in total. The maximum absolute atomic E-state index is 12.5. The number of ether oxygens (including phenoxy) is 2. The van der Waals surface area contributed by atoms with E-state index in [1.165, 1.54) is 7.11 Å². The number of hydrogen-bond acceptors (Lipinski definition) is 4. The number of carbonyl (C=O) groups is 2. The Morgan fingerprint density at radius 1 is 1.17 bits per heavy atom. The summed E-state index contributed by atoms with van der Waals surface area (Å²) in [5, 5.41) is 4.21. The minimum atomic E-state index is -0.909. The molecule has 0 radical (unpaired) electrons. The van der Waals surface area contributed by atoms with Crippen LogP contribution in [-0.4, -0.2) is 29.8 Å². The summed E-state index contributed by atoms with van der Waals surface area (Å²) in [5.74, 6) is -0.908. The van der Waals surface area contributed by atoms with Crippen molar-refractivity contribution in [1.29, 1.82) is 0 Å². The molecule has 1 heterocycles. The van der Waals surface area contributed by atoms with Crippen molar-refractivity contribution in [3.8, 4) is 0 Å². The van der Waals surface area contributed by atoms with E-state index in [0.29, 0.717) is 5.02 Å². The first-order valence-electron chi connectivity index (χ1n) is 9.78. The van der Waals surface area contributed by atoms with Gasteiger partial charge in [-0.15, -0.1) is 0 Å². The van der Waals surface area contributed by atoms with Crippen LogP contribution in [0, 0.1) is 0 Å². The third kappa shape index (κ3) is 4.76. The minimum Gasteiger partial charge on any atom is -0.467 e. The van der Waals surface area contributed by atoms with Crippen LogP contribution < -0.4 is 5.32 Å². The number of nitrogens with one attached hydrogen (secondary N) is 1. The number of rotatable bonds is 7. The van der Waals surface area contributed by atoms with Gasteiger partial charge in [0.05, 0.1) is 7.11 Å². The molecule has 158 valence electrons. The maximum atomic E-state index is 12.5. The van der Waals surface area contributed by atoms with E-state index in [0.717, 1.165) is 28.6 Å². The van der Waals surface area contributed by atoms with E-state index < -0.39 is 18.1 Å². The molecule has 30 heavy (non-hydrogen) atoms. The van der Waals surface area contributed by atoms with Crippen molar-refractivity contribution in [2.45, 2.75) is 39.0 Å². The molecular weight excluding hydrogens is 404 g/mol. The number of amides is 1. The standard InChI is InChI=1S/C23H25ClN2O4/c1-4-26-13-19(18-12-17(24)10-11-20(18)26)15(2)21(22(27)29-3)25-23(28)30-14-16-8-6-5-7-9-16/h5-13,15,21H,4,14H2,1-3H3,(H,25,28)/t15-,21-/m1/s1. The summed E-state index contributed by atoms with van der Waals surface area (Å²) in [6.07, 6.45) is 1.30. The highest BCUT2D eigenvalue weighted by Crippen LogP contribution is 2.32. The van der Waals surface area contributed by atoms with Crippen LogP contribution in [0.3, 0.4) is 0 Å².